The molecule has 0 saturated carbocycles. The summed E-state index contributed by atoms with van der Waals surface area (Å²) in [5.41, 5.74) is 1.58. The van der Waals surface area contributed by atoms with Crippen LogP contribution in [0.5, 0.6) is 5.75 Å². The smallest absolute Gasteiger partial charge is 0.294 e. The van der Waals surface area contributed by atoms with Gasteiger partial charge in [-0.1, -0.05) is 17.7 Å². The van der Waals surface area contributed by atoms with Gasteiger partial charge in [-0.3, -0.25) is 4.79 Å². The minimum Gasteiger partial charge on any atom is -0.744 e. The van der Waals surface area contributed by atoms with Crippen molar-refractivity contribution in [3.63, 3.8) is 0 Å². The van der Waals surface area contributed by atoms with E-state index < -0.39 is 10.1 Å². The number of hydrogen-bond donors (Lipinski definition) is 0. The Labute approximate surface area is 164 Å². The summed E-state index contributed by atoms with van der Waals surface area (Å²) in [7, 11) is -0.309. The molecule has 0 aliphatic carbocycles. The number of ether oxygens (including phenoxy) is 1. The quantitative estimate of drug-likeness (QED) is 0.370. The highest BCUT2D eigenvalue weighted by Crippen LogP contribution is 2.12. The summed E-state index contributed by atoms with van der Waals surface area (Å²) in [6.45, 7) is 2.32. The number of aromatic nitrogens is 2. The first-order valence-electron chi connectivity index (χ1n) is 8.41. The van der Waals surface area contributed by atoms with Crippen molar-refractivity contribution in [3.05, 3.63) is 77.9 Å². The first-order chi connectivity index (χ1) is 13.2. The fourth-order valence-electron chi connectivity index (χ4n) is 2.32. The molecule has 28 heavy (non-hydrogen) atoms. The van der Waals surface area contributed by atoms with Crippen molar-refractivity contribution in [1.82, 2.24) is 4.57 Å². The van der Waals surface area contributed by atoms with E-state index >= 15 is 0 Å². The number of nitrogens with zero attached hydrogens (tertiary/aromatic N) is 2. The molecule has 2 aromatic carbocycles. The molecule has 0 N–H and O–H groups in total. The number of imidazole rings is 1. The molecule has 0 aliphatic heterocycles. The van der Waals surface area contributed by atoms with E-state index in [1.165, 1.54) is 12.1 Å². The predicted octanol–water partition coefficient (Wildman–Crippen LogP) is 2.14. The number of rotatable bonds is 5. The Kier molecular flexibility index (Phi) is 7.08. The van der Waals surface area contributed by atoms with E-state index in [0.717, 1.165) is 23.4 Å². The first-order valence-corrected chi connectivity index (χ1v) is 9.82. The van der Waals surface area contributed by atoms with E-state index in [2.05, 4.69) is 0 Å². The summed E-state index contributed by atoms with van der Waals surface area (Å²) in [6, 6.07) is 12.9. The number of benzene rings is 2. The molecule has 0 fully saturated rings. The Morgan fingerprint density at radius 1 is 1.11 bits per heavy atom. The van der Waals surface area contributed by atoms with E-state index in [9.17, 15) is 17.8 Å². The number of carbonyl (C=O) groups excluding carboxylic acids is 1. The zero-order chi connectivity index (χ0) is 20.7. The SMILES string of the molecule is Cc1ccc(S(=O)(=O)[O-])cc1.Cn1cc[n+](C)c1COc1ccc(C=O)cc1. The third kappa shape index (κ3) is 6.04. The monoisotopic (exact) mass is 402 g/mol. The normalized spacial score (nSPS) is 10.7. The van der Waals surface area contributed by atoms with Crippen LogP contribution in [0.2, 0.25) is 0 Å². The lowest BCUT2D eigenvalue weighted by Gasteiger charge is -2.05. The standard InChI is InChI=1S/C13H15N2O2.C7H8O3S/c1-14-7-8-15(2)13(14)10-17-12-5-3-11(9-16)4-6-12;1-6-2-4-7(5-3-6)11(8,9)10/h3-9H,10H2,1-2H3;2-5H,1H3,(H,8,9,10)/q+1;/p-1. The molecule has 148 valence electrons. The number of hydrogen-bond acceptors (Lipinski definition) is 5. The first kappa shape index (κ1) is 21.3. The van der Waals surface area contributed by atoms with Gasteiger partial charge in [-0.05, 0) is 43.3 Å². The van der Waals surface area contributed by atoms with Gasteiger partial charge in [0, 0.05) is 5.56 Å². The second-order valence-corrected chi connectivity index (χ2v) is 7.56. The number of carbonyl (C=O) groups is 1. The van der Waals surface area contributed by atoms with Crippen molar-refractivity contribution in [1.29, 1.82) is 0 Å². The fraction of sp³-hybridized carbons (Fsp3) is 0.200. The maximum atomic E-state index is 10.5. The molecule has 0 bridgehead atoms. The van der Waals surface area contributed by atoms with E-state index in [0.29, 0.717) is 12.2 Å². The molecule has 7 nitrogen and oxygen atoms in total. The van der Waals surface area contributed by atoms with Gasteiger partial charge >= 0.3 is 0 Å². The summed E-state index contributed by atoms with van der Waals surface area (Å²) < 4.78 is 40.8. The lowest BCUT2D eigenvalue weighted by molar-refractivity contribution is -0.680. The van der Waals surface area contributed by atoms with Crippen LogP contribution >= 0.6 is 0 Å². The second kappa shape index (κ2) is 9.29. The van der Waals surface area contributed by atoms with E-state index in [4.69, 9.17) is 4.74 Å². The van der Waals surface area contributed by atoms with Crippen LogP contribution in [0.25, 0.3) is 0 Å². The highest BCUT2D eigenvalue weighted by molar-refractivity contribution is 7.85. The highest BCUT2D eigenvalue weighted by Gasteiger charge is 2.11. The molecule has 1 aromatic heterocycles. The molecule has 3 rings (SSSR count). The van der Waals surface area contributed by atoms with Gasteiger partial charge in [0.05, 0.1) is 19.0 Å². The minimum atomic E-state index is -4.27. The third-order valence-electron chi connectivity index (χ3n) is 4.02. The van der Waals surface area contributed by atoms with Crippen molar-refractivity contribution in [2.45, 2.75) is 18.4 Å². The average Bonchev–Trinajstić information content (AvgIpc) is 2.98. The summed E-state index contributed by atoms with van der Waals surface area (Å²) in [6.07, 6.45) is 4.78. The van der Waals surface area contributed by atoms with Gasteiger partial charge in [0.15, 0.2) is 6.61 Å². The Hall–Kier alpha value is -2.97. The molecule has 1 heterocycles. The van der Waals surface area contributed by atoms with Crippen molar-refractivity contribution < 1.29 is 27.1 Å². The van der Waals surface area contributed by atoms with Gasteiger partial charge in [0.25, 0.3) is 5.82 Å². The molecule has 8 heteroatoms. The molecular formula is C20H22N2O5S. The van der Waals surface area contributed by atoms with Gasteiger partial charge in [-0.2, -0.15) is 0 Å². The molecule has 0 amide bonds. The van der Waals surface area contributed by atoms with E-state index in [-0.39, 0.29) is 4.90 Å². The van der Waals surface area contributed by atoms with Crippen LogP contribution < -0.4 is 9.30 Å². The summed E-state index contributed by atoms with van der Waals surface area (Å²) in [4.78, 5) is 10.3. The Morgan fingerprint density at radius 2 is 1.71 bits per heavy atom. The van der Waals surface area contributed by atoms with Crippen LogP contribution in [-0.4, -0.2) is 23.8 Å². The largest absolute Gasteiger partial charge is 0.744 e. The van der Waals surface area contributed by atoms with E-state index in [1.54, 1.807) is 36.4 Å². The summed E-state index contributed by atoms with van der Waals surface area (Å²) in [5, 5.41) is 0. The third-order valence-corrected chi connectivity index (χ3v) is 4.87. The summed E-state index contributed by atoms with van der Waals surface area (Å²) in [5.74, 6) is 1.83. The lowest BCUT2D eigenvalue weighted by Crippen LogP contribution is -2.32. The van der Waals surface area contributed by atoms with Gasteiger partial charge in [0.1, 0.15) is 34.5 Å². The topological polar surface area (TPSA) is 92.3 Å². The Morgan fingerprint density at radius 3 is 2.18 bits per heavy atom. The highest BCUT2D eigenvalue weighted by atomic mass is 32.2. The number of aldehydes is 1. The lowest BCUT2D eigenvalue weighted by atomic mass is 10.2. The van der Waals surface area contributed by atoms with Crippen LogP contribution in [0.15, 0.2) is 65.8 Å². The van der Waals surface area contributed by atoms with Crippen molar-refractivity contribution >= 4 is 16.4 Å². The minimum absolute atomic E-state index is 0.178. The molecular weight excluding hydrogens is 380 g/mol. The van der Waals surface area contributed by atoms with Gasteiger partial charge in [0.2, 0.25) is 0 Å². The maximum absolute atomic E-state index is 10.5. The van der Waals surface area contributed by atoms with Crippen LogP contribution in [0, 0.1) is 6.92 Å². The second-order valence-electron chi connectivity index (χ2n) is 6.18. The molecule has 3 aromatic rings. The Balaban J connectivity index is 0.000000221. The Bertz CT molecular complexity index is 1000. The fourth-order valence-corrected chi connectivity index (χ4v) is 2.79. The molecule has 0 spiro atoms. The van der Waals surface area contributed by atoms with Gasteiger partial charge in [-0.15, -0.1) is 0 Å². The molecule has 0 atom stereocenters. The number of aryl methyl sites for hydroxylation is 3. The predicted molar refractivity (Wildman–Crippen MR) is 102 cm³/mol. The maximum Gasteiger partial charge on any atom is 0.294 e. The van der Waals surface area contributed by atoms with Crippen LogP contribution in [0.1, 0.15) is 21.7 Å². The van der Waals surface area contributed by atoms with E-state index in [1.807, 2.05) is 42.5 Å². The molecule has 0 aliphatic rings. The van der Waals surface area contributed by atoms with Crippen LogP contribution in [0.4, 0.5) is 0 Å². The van der Waals surface area contributed by atoms with Gasteiger partial charge < -0.3 is 9.29 Å². The van der Waals surface area contributed by atoms with Crippen molar-refractivity contribution in [3.8, 4) is 5.75 Å². The molecule has 0 radical (unpaired) electrons. The van der Waals surface area contributed by atoms with Crippen LogP contribution in [0.3, 0.4) is 0 Å². The molecule has 0 saturated heterocycles. The van der Waals surface area contributed by atoms with Gasteiger partial charge in [-0.25, -0.2) is 17.6 Å². The average molecular weight is 402 g/mol. The van der Waals surface area contributed by atoms with Crippen molar-refractivity contribution in [2.24, 2.45) is 14.1 Å². The zero-order valence-corrected chi connectivity index (χ0v) is 16.7. The summed E-state index contributed by atoms with van der Waals surface area (Å²) >= 11 is 0. The zero-order valence-electron chi connectivity index (χ0n) is 15.9. The molecule has 0 unspecified atom stereocenters. The van der Waals surface area contributed by atoms with Crippen LogP contribution in [-0.2, 0) is 30.8 Å². The van der Waals surface area contributed by atoms with Crippen molar-refractivity contribution in [2.75, 3.05) is 0 Å².